The average Bonchev–Trinajstić information content (AvgIpc) is 3.46. The fraction of sp³-hybridized carbons (Fsp3) is 0.219. The van der Waals surface area contributed by atoms with E-state index in [1.54, 1.807) is 28.8 Å². The number of amides is 1. The number of β-amino-alcohol motifs (C(OH)–C–C–N with tert-alkyl or cyclic N) is 1. The third-order valence-electron chi connectivity index (χ3n) is 6.70. The van der Waals surface area contributed by atoms with Crippen LogP contribution in [0.2, 0.25) is 0 Å². The summed E-state index contributed by atoms with van der Waals surface area (Å²) in [4.78, 5) is 36.7. The molecule has 0 aromatic heterocycles. The number of nitrogens with one attached hydrogen (secondary N) is 1. The molecule has 0 spiro atoms. The van der Waals surface area contributed by atoms with Gasteiger partial charge in [0.2, 0.25) is 0 Å². The zero-order chi connectivity index (χ0) is 28.9. The monoisotopic (exact) mass is 584 g/mol. The van der Waals surface area contributed by atoms with E-state index < -0.39 is 0 Å². The molecule has 0 atom stereocenters. The minimum atomic E-state index is -0.141. The smallest absolute Gasteiger partial charge is 0.269 e. The highest BCUT2D eigenvalue weighted by Crippen LogP contribution is 2.50. The molecule has 2 aliphatic heterocycles. The molecule has 7 nitrogen and oxygen atoms in total. The van der Waals surface area contributed by atoms with Gasteiger partial charge >= 0.3 is 0 Å². The molecule has 210 valence electrons. The van der Waals surface area contributed by atoms with E-state index in [4.69, 9.17) is 4.99 Å². The third kappa shape index (κ3) is 6.12. The second-order valence-electron chi connectivity index (χ2n) is 9.57. The number of anilines is 1. The summed E-state index contributed by atoms with van der Waals surface area (Å²) < 4.78 is 0. The number of allylic oxidation sites excluding steroid dienone is 1. The van der Waals surface area contributed by atoms with E-state index >= 15 is 0 Å². The lowest BCUT2D eigenvalue weighted by atomic mass is 10.1. The summed E-state index contributed by atoms with van der Waals surface area (Å²) in [5.41, 5.74) is 4.95. The van der Waals surface area contributed by atoms with Crippen molar-refractivity contribution in [2.75, 3.05) is 25.0 Å². The number of thioether (sulfide) groups is 2. The molecule has 2 heterocycles. The van der Waals surface area contributed by atoms with Crippen molar-refractivity contribution in [3.05, 3.63) is 110 Å². The lowest BCUT2D eigenvalue weighted by molar-refractivity contribution is -0.122. The normalized spacial score (nSPS) is 18.1. The Balaban J connectivity index is 1.62. The lowest BCUT2D eigenvalue weighted by Crippen LogP contribution is -2.29. The highest BCUT2D eigenvalue weighted by Gasteiger charge is 2.40. The minimum Gasteiger partial charge on any atom is -0.395 e. The summed E-state index contributed by atoms with van der Waals surface area (Å²) in [7, 11) is 0. The maximum Gasteiger partial charge on any atom is 0.269 e. The fourth-order valence-corrected chi connectivity index (χ4v) is 7.10. The molecule has 2 aliphatic rings. The van der Waals surface area contributed by atoms with Crippen molar-refractivity contribution in [2.24, 2.45) is 4.99 Å². The standard InChI is InChI=1S/C32H32N4O3S2/c1-4-33-26-16-15-25(21(2)38)19-27(26)34-32-36(20-23-11-7-5-8-12-23)30(39)29(41-32)31-35(17-18-37)28(22(3)40-31)24-13-9-6-10-14-24/h5-16,19,33,37H,4,17-18,20H2,1-3H3. The number of hydrogen-bond donors (Lipinski definition) is 2. The number of Topliss-reactive ketones (excluding diaryl/α,β-unsaturated/α-hetero) is 1. The SMILES string of the molecule is CCNc1ccc(C(C)=O)cc1N=C1SC(=C2SC(C)=C(c3ccccc3)N2CCO)C(=O)N1Cc1ccccc1. The Morgan fingerprint density at radius 3 is 2.34 bits per heavy atom. The summed E-state index contributed by atoms with van der Waals surface area (Å²) >= 11 is 2.88. The maximum absolute atomic E-state index is 14.2. The van der Waals surface area contributed by atoms with Crippen molar-refractivity contribution in [1.29, 1.82) is 0 Å². The number of aliphatic imine (C=N–C) groups is 1. The third-order valence-corrected chi connectivity index (χ3v) is 9.01. The summed E-state index contributed by atoms with van der Waals surface area (Å²) in [5.74, 6) is -0.191. The van der Waals surface area contributed by atoms with E-state index in [-0.39, 0.29) is 18.3 Å². The van der Waals surface area contributed by atoms with E-state index in [2.05, 4.69) is 5.32 Å². The van der Waals surface area contributed by atoms with E-state index in [1.165, 1.54) is 18.7 Å². The second kappa shape index (κ2) is 12.8. The highest BCUT2D eigenvalue weighted by atomic mass is 32.2. The van der Waals surface area contributed by atoms with Crippen molar-refractivity contribution in [1.82, 2.24) is 9.80 Å². The number of aliphatic hydroxyl groups excluding tert-OH is 1. The number of ketones is 1. The van der Waals surface area contributed by atoms with Gasteiger partial charge in [0.25, 0.3) is 5.91 Å². The zero-order valence-corrected chi connectivity index (χ0v) is 24.9. The quantitative estimate of drug-likeness (QED) is 0.214. The molecule has 1 saturated heterocycles. The number of amidine groups is 1. The molecule has 41 heavy (non-hydrogen) atoms. The molecule has 5 rings (SSSR count). The van der Waals surface area contributed by atoms with Crippen LogP contribution in [0.3, 0.4) is 0 Å². The Bertz CT molecular complexity index is 1550. The Morgan fingerprint density at radius 1 is 0.976 bits per heavy atom. The van der Waals surface area contributed by atoms with E-state index in [1.807, 2.05) is 85.5 Å². The maximum atomic E-state index is 14.2. The van der Waals surface area contributed by atoms with Gasteiger partial charge < -0.3 is 15.3 Å². The van der Waals surface area contributed by atoms with Crippen molar-refractivity contribution < 1.29 is 14.7 Å². The van der Waals surface area contributed by atoms with Gasteiger partial charge in [0.1, 0.15) is 4.91 Å². The summed E-state index contributed by atoms with van der Waals surface area (Å²) in [6.07, 6.45) is 0. The number of rotatable bonds is 9. The summed E-state index contributed by atoms with van der Waals surface area (Å²) in [6.45, 7) is 6.92. The van der Waals surface area contributed by atoms with Crippen LogP contribution < -0.4 is 5.32 Å². The van der Waals surface area contributed by atoms with Crippen LogP contribution in [0.15, 0.2) is 98.7 Å². The van der Waals surface area contributed by atoms with E-state index in [0.29, 0.717) is 41.0 Å². The Hall–Kier alpha value is -3.79. The van der Waals surface area contributed by atoms with Crippen LogP contribution >= 0.6 is 23.5 Å². The summed E-state index contributed by atoms with van der Waals surface area (Å²) in [5, 5.41) is 14.6. The van der Waals surface area contributed by atoms with Crippen molar-refractivity contribution in [2.45, 2.75) is 27.3 Å². The molecule has 9 heteroatoms. The molecule has 0 aliphatic carbocycles. The number of nitrogens with zero attached hydrogens (tertiary/aromatic N) is 3. The van der Waals surface area contributed by atoms with Crippen molar-refractivity contribution >= 4 is 57.5 Å². The molecule has 0 unspecified atom stereocenters. The van der Waals surface area contributed by atoms with Gasteiger partial charge in [-0.2, -0.15) is 0 Å². The largest absolute Gasteiger partial charge is 0.395 e. The number of carbonyl (C=O) groups excluding carboxylic acids is 2. The second-order valence-corrected chi connectivity index (χ2v) is 11.8. The number of benzene rings is 3. The highest BCUT2D eigenvalue weighted by molar-refractivity contribution is 8.19. The van der Waals surface area contributed by atoms with Gasteiger partial charge in [0.15, 0.2) is 11.0 Å². The van der Waals surface area contributed by atoms with Crippen molar-refractivity contribution in [3.8, 4) is 0 Å². The Kier molecular flexibility index (Phi) is 8.97. The van der Waals surface area contributed by atoms with Gasteiger partial charge in [-0.3, -0.25) is 14.5 Å². The van der Waals surface area contributed by atoms with Crippen LogP contribution in [0, 0.1) is 0 Å². The predicted molar refractivity (Wildman–Crippen MR) is 170 cm³/mol. The average molecular weight is 585 g/mol. The van der Waals surface area contributed by atoms with Crippen LogP contribution in [0.25, 0.3) is 5.70 Å². The lowest BCUT2D eigenvalue weighted by Gasteiger charge is -2.23. The molecule has 1 amide bonds. The molecular weight excluding hydrogens is 553 g/mol. The zero-order valence-electron chi connectivity index (χ0n) is 23.3. The molecule has 0 radical (unpaired) electrons. The fourth-order valence-electron chi connectivity index (χ4n) is 4.79. The van der Waals surface area contributed by atoms with Crippen LogP contribution in [0.5, 0.6) is 0 Å². The minimum absolute atomic E-state index is 0.0504. The van der Waals surface area contributed by atoms with E-state index in [9.17, 15) is 14.7 Å². The number of carbonyl (C=O) groups is 2. The first kappa shape index (κ1) is 28.7. The topological polar surface area (TPSA) is 85.2 Å². The molecule has 2 N–H and O–H groups in total. The van der Waals surface area contributed by atoms with Crippen LogP contribution in [0.4, 0.5) is 11.4 Å². The molecular formula is C32H32N4O3S2. The summed E-state index contributed by atoms with van der Waals surface area (Å²) in [6, 6.07) is 25.3. The number of hydrogen-bond acceptors (Lipinski definition) is 8. The first-order chi connectivity index (χ1) is 19.9. The number of aliphatic hydroxyl groups is 1. The van der Waals surface area contributed by atoms with Gasteiger partial charge in [-0.1, -0.05) is 72.4 Å². The van der Waals surface area contributed by atoms with Crippen LogP contribution in [-0.4, -0.2) is 51.5 Å². The van der Waals surface area contributed by atoms with Crippen LogP contribution in [0.1, 0.15) is 42.3 Å². The Labute approximate surface area is 249 Å². The van der Waals surface area contributed by atoms with E-state index in [0.717, 1.165) is 32.4 Å². The molecule has 0 saturated carbocycles. The molecule has 3 aromatic carbocycles. The first-order valence-electron chi connectivity index (χ1n) is 13.5. The first-order valence-corrected chi connectivity index (χ1v) is 15.1. The van der Waals surface area contributed by atoms with Gasteiger partial charge in [-0.15, -0.1) is 0 Å². The van der Waals surface area contributed by atoms with Crippen LogP contribution in [-0.2, 0) is 11.3 Å². The predicted octanol–water partition coefficient (Wildman–Crippen LogP) is 6.68. The van der Waals surface area contributed by atoms with Crippen molar-refractivity contribution in [3.63, 3.8) is 0 Å². The molecule has 1 fully saturated rings. The van der Waals surface area contributed by atoms with Gasteiger partial charge in [0, 0.05) is 23.6 Å². The van der Waals surface area contributed by atoms with Gasteiger partial charge in [-0.05, 0) is 61.9 Å². The van der Waals surface area contributed by atoms with Gasteiger partial charge in [0.05, 0.1) is 35.3 Å². The molecule has 0 bridgehead atoms. The van der Waals surface area contributed by atoms with Gasteiger partial charge in [-0.25, -0.2) is 4.99 Å². The Morgan fingerprint density at radius 2 is 1.68 bits per heavy atom. The molecule has 3 aromatic rings.